The minimum absolute atomic E-state index is 0. The number of nitrogens with zero attached hydrogens (tertiary/aromatic N) is 3. The molecule has 2 rings (SSSR count). The fourth-order valence-electron chi connectivity index (χ4n) is 2.10. The zero-order valence-electron chi connectivity index (χ0n) is 14.9. The van der Waals surface area contributed by atoms with Gasteiger partial charge in [-0.3, -0.25) is 4.79 Å². The highest BCUT2D eigenvalue weighted by Gasteiger charge is 2.05. The van der Waals surface area contributed by atoms with E-state index in [1.54, 1.807) is 30.3 Å². The SMILES string of the molecule is CCNC(=NCC(=O)N(C)C)NCCCc1nc2ccccc2s1.I. The van der Waals surface area contributed by atoms with Crippen LogP contribution < -0.4 is 10.6 Å². The summed E-state index contributed by atoms with van der Waals surface area (Å²) in [4.78, 5) is 22.1. The molecule has 8 heteroatoms. The van der Waals surface area contributed by atoms with Crippen molar-refractivity contribution in [2.75, 3.05) is 33.7 Å². The van der Waals surface area contributed by atoms with Crippen LogP contribution in [0.5, 0.6) is 0 Å². The van der Waals surface area contributed by atoms with Gasteiger partial charge in [-0.25, -0.2) is 9.98 Å². The largest absolute Gasteiger partial charge is 0.357 e. The third-order valence-corrected chi connectivity index (χ3v) is 4.51. The Kier molecular flexibility index (Phi) is 9.73. The minimum Gasteiger partial charge on any atom is -0.357 e. The first kappa shape index (κ1) is 21.6. The first-order chi connectivity index (χ1) is 11.6. The number of halogens is 1. The summed E-state index contributed by atoms with van der Waals surface area (Å²) in [6.45, 7) is 3.71. The van der Waals surface area contributed by atoms with Crippen molar-refractivity contribution in [2.24, 2.45) is 4.99 Å². The van der Waals surface area contributed by atoms with Gasteiger partial charge in [0, 0.05) is 33.6 Å². The Hall–Kier alpha value is -1.42. The van der Waals surface area contributed by atoms with E-state index in [1.807, 2.05) is 25.1 Å². The predicted octanol–water partition coefficient (Wildman–Crippen LogP) is 2.49. The third-order valence-electron chi connectivity index (χ3n) is 3.41. The molecule has 1 amide bonds. The number of carbonyl (C=O) groups excluding carboxylic acids is 1. The number of guanidine groups is 1. The second-order valence-corrected chi connectivity index (χ2v) is 6.70. The average Bonchev–Trinajstić information content (AvgIpc) is 2.98. The zero-order chi connectivity index (χ0) is 17.4. The van der Waals surface area contributed by atoms with Gasteiger partial charge in [0.25, 0.3) is 0 Å². The smallest absolute Gasteiger partial charge is 0.243 e. The Morgan fingerprint density at radius 1 is 1.28 bits per heavy atom. The molecular weight excluding hydrogens is 449 g/mol. The van der Waals surface area contributed by atoms with Crippen molar-refractivity contribution < 1.29 is 4.79 Å². The van der Waals surface area contributed by atoms with Crippen molar-refractivity contribution in [3.8, 4) is 0 Å². The highest BCUT2D eigenvalue weighted by atomic mass is 127. The fourth-order valence-corrected chi connectivity index (χ4v) is 3.11. The topological polar surface area (TPSA) is 69.6 Å². The summed E-state index contributed by atoms with van der Waals surface area (Å²) in [7, 11) is 3.46. The second-order valence-electron chi connectivity index (χ2n) is 5.59. The maximum atomic E-state index is 11.6. The Balaban J connectivity index is 0.00000312. The highest BCUT2D eigenvalue weighted by Crippen LogP contribution is 2.22. The number of fused-ring (bicyclic) bond motifs is 1. The van der Waals surface area contributed by atoms with E-state index in [-0.39, 0.29) is 36.4 Å². The third kappa shape index (κ3) is 7.15. The predicted molar refractivity (Wildman–Crippen MR) is 116 cm³/mol. The fraction of sp³-hybridized carbons (Fsp3) is 0.471. The normalized spacial score (nSPS) is 11.1. The maximum Gasteiger partial charge on any atom is 0.243 e. The van der Waals surface area contributed by atoms with Crippen molar-refractivity contribution in [2.45, 2.75) is 19.8 Å². The summed E-state index contributed by atoms with van der Waals surface area (Å²) in [5.74, 6) is 0.665. The number of benzene rings is 1. The Labute approximate surface area is 170 Å². The Morgan fingerprint density at radius 3 is 2.72 bits per heavy atom. The van der Waals surface area contributed by atoms with Crippen LogP contribution in [0.15, 0.2) is 29.3 Å². The molecule has 0 unspecified atom stereocenters. The molecule has 138 valence electrons. The van der Waals surface area contributed by atoms with Crippen molar-refractivity contribution in [1.82, 2.24) is 20.5 Å². The van der Waals surface area contributed by atoms with Gasteiger partial charge in [0.1, 0.15) is 6.54 Å². The van der Waals surface area contributed by atoms with Gasteiger partial charge in [0.05, 0.1) is 15.2 Å². The number of aliphatic imine (C=N–C) groups is 1. The van der Waals surface area contributed by atoms with Crippen LogP contribution in [0.1, 0.15) is 18.4 Å². The lowest BCUT2D eigenvalue weighted by Gasteiger charge is -2.12. The van der Waals surface area contributed by atoms with E-state index in [0.717, 1.165) is 36.5 Å². The first-order valence-corrected chi connectivity index (χ1v) is 8.98. The van der Waals surface area contributed by atoms with E-state index in [0.29, 0.717) is 5.96 Å². The number of para-hydroxylation sites is 1. The number of thiazole rings is 1. The lowest BCUT2D eigenvalue weighted by atomic mass is 10.3. The Bertz CT molecular complexity index is 668. The molecular formula is C17H26IN5OS. The number of aryl methyl sites for hydroxylation is 1. The van der Waals surface area contributed by atoms with Gasteiger partial charge in [-0.1, -0.05) is 12.1 Å². The maximum absolute atomic E-state index is 11.6. The van der Waals surface area contributed by atoms with Gasteiger partial charge in [-0.2, -0.15) is 0 Å². The highest BCUT2D eigenvalue weighted by molar-refractivity contribution is 14.0. The van der Waals surface area contributed by atoms with E-state index in [1.165, 1.54) is 4.70 Å². The molecule has 25 heavy (non-hydrogen) atoms. The average molecular weight is 475 g/mol. The van der Waals surface area contributed by atoms with Gasteiger partial charge in [-0.05, 0) is 25.5 Å². The van der Waals surface area contributed by atoms with Crippen molar-refractivity contribution in [1.29, 1.82) is 0 Å². The molecule has 0 aliphatic carbocycles. The molecule has 0 aliphatic rings. The summed E-state index contributed by atoms with van der Waals surface area (Å²) >= 11 is 1.75. The number of carbonyl (C=O) groups is 1. The van der Waals surface area contributed by atoms with Gasteiger partial charge < -0.3 is 15.5 Å². The summed E-state index contributed by atoms with van der Waals surface area (Å²) < 4.78 is 1.23. The van der Waals surface area contributed by atoms with E-state index in [9.17, 15) is 4.79 Å². The van der Waals surface area contributed by atoms with Crippen LogP contribution in [0.4, 0.5) is 0 Å². The molecule has 1 aromatic heterocycles. The van der Waals surface area contributed by atoms with Crippen molar-refractivity contribution in [3.05, 3.63) is 29.3 Å². The van der Waals surface area contributed by atoms with Gasteiger partial charge >= 0.3 is 0 Å². The van der Waals surface area contributed by atoms with Crippen LogP contribution in [-0.4, -0.2) is 55.5 Å². The zero-order valence-corrected chi connectivity index (χ0v) is 18.1. The number of aromatic nitrogens is 1. The molecule has 1 aromatic carbocycles. The summed E-state index contributed by atoms with van der Waals surface area (Å²) in [5, 5.41) is 7.57. The van der Waals surface area contributed by atoms with Gasteiger partial charge in [0.15, 0.2) is 5.96 Å². The van der Waals surface area contributed by atoms with Gasteiger partial charge in [0.2, 0.25) is 5.91 Å². The lowest BCUT2D eigenvalue weighted by Crippen LogP contribution is -2.39. The van der Waals surface area contributed by atoms with Crippen LogP contribution in [-0.2, 0) is 11.2 Å². The molecule has 0 saturated carbocycles. The monoisotopic (exact) mass is 475 g/mol. The van der Waals surface area contributed by atoms with Crippen LogP contribution in [0, 0.1) is 0 Å². The number of rotatable bonds is 7. The summed E-state index contributed by atoms with van der Waals surface area (Å²) in [6, 6.07) is 8.21. The summed E-state index contributed by atoms with van der Waals surface area (Å²) in [5.41, 5.74) is 1.07. The number of hydrogen-bond acceptors (Lipinski definition) is 4. The number of nitrogens with one attached hydrogen (secondary N) is 2. The van der Waals surface area contributed by atoms with E-state index >= 15 is 0 Å². The van der Waals surface area contributed by atoms with Crippen LogP contribution in [0.2, 0.25) is 0 Å². The lowest BCUT2D eigenvalue weighted by molar-refractivity contribution is -0.127. The number of amides is 1. The van der Waals surface area contributed by atoms with Crippen molar-refractivity contribution >= 4 is 57.4 Å². The quantitative estimate of drug-likeness (QED) is 0.280. The van der Waals surface area contributed by atoms with Crippen LogP contribution in [0.3, 0.4) is 0 Å². The van der Waals surface area contributed by atoms with E-state index < -0.39 is 0 Å². The molecule has 2 aromatic rings. The molecule has 0 fully saturated rings. The molecule has 0 atom stereocenters. The molecule has 0 radical (unpaired) electrons. The van der Waals surface area contributed by atoms with E-state index in [2.05, 4.69) is 26.7 Å². The molecule has 6 nitrogen and oxygen atoms in total. The standard InChI is InChI=1S/C17H25N5OS.HI/c1-4-18-17(20-12-16(23)22(2)3)19-11-7-10-15-21-13-8-5-6-9-14(13)24-15;/h5-6,8-9H,4,7,10-12H2,1-3H3,(H2,18,19,20);1H. The van der Waals surface area contributed by atoms with Crippen LogP contribution >= 0.6 is 35.3 Å². The summed E-state index contributed by atoms with van der Waals surface area (Å²) in [6.07, 6.45) is 1.90. The van der Waals surface area contributed by atoms with Gasteiger partial charge in [-0.15, -0.1) is 35.3 Å². The first-order valence-electron chi connectivity index (χ1n) is 8.17. The molecule has 0 bridgehead atoms. The van der Waals surface area contributed by atoms with E-state index in [4.69, 9.17) is 0 Å². The molecule has 0 saturated heterocycles. The molecule has 0 spiro atoms. The van der Waals surface area contributed by atoms with Crippen molar-refractivity contribution in [3.63, 3.8) is 0 Å². The molecule has 2 N–H and O–H groups in total. The minimum atomic E-state index is -0.0123. The number of likely N-dealkylation sites (N-methyl/N-ethyl adjacent to an activating group) is 1. The Morgan fingerprint density at radius 2 is 2.04 bits per heavy atom. The number of hydrogen-bond donors (Lipinski definition) is 2. The molecule has 1 heterocycles. The second kappa shape index (κ2) is 11.2. The van der Waals surface area contributed by atoms with Crippen LogP contribution in [0.25, 0.3) is 10.2 Å². The molecule has 0 aliphatic heterocycles.